The predicted molar refractivity (Wildman–Crippen MR) is 56.0 cm³/mol. The van der Waals surface area contributed by atoms with E-state index in [1.54, 1.807) is 20.3 Å². The predicted octanol–water partition coefficient (Wildman–Crippen LogP) is 2.21. The molecule has 14 heavy (non-hydrogen) atoms. The summed E-state index contributed by atoms with van der Waals surface area (Å²) in [4.78, 5) is 0. The average Bonchev–Trinajstić information content (AvgIpc) is 2.25. The highest BCUT2D eigenvalue weighted by Gasteiger charge is 1.88. The first kappa shape index (κ1) is 10.2. The molecule has 0 aromatic heterocycles. The maximum atomic E-state index is 5.03. The van der Waals surface area contributed by atoms with Crippen molar-refractivity contribution in [3.05, 3.63) is 42.2 Å². The van der Waals surface area contributed by atoms with Crippen molar-refractivity contribution in [1.82, 2.24) is 0 Å². The van der Waals surface area contributed by atoms with Crippen molar-refractivity contribution in [3.8, 4) is 17.6 Å². The molecule has 0 spiro atoms. The molecule has 2 nitrogen and oxygen atoms in total. The minimum absolute atomic E-state index is 0.836. The van der Waals surface area contributed by atoms with Crippen LogP contribution in [0.2, 0.25) is 0 Å². The average molecular weight is 188 g/mol. The van der Waals surface area contributed by atoms with Gasteiger partial charge in [0.25, 0.3) is 0 Å². The van der Waals surface area contributed by atoms with E-state index in [1.165, 1.54) is 6.26 Å². The van der Waals surface area contributed by atoms with Gasteiger partial charge in [-0.25, -0.2) is 0 Å². The molecule has 0 fully saturated rings. The van der Waals surface area contributed by atoms with Gasteiger partial charge in [-0.1, -0.05) is 11.8 Å². The van der Waals surface area contributed by atoms with E-state index in [0.717, 1.165) is 11.3 Å². The van der Waals surface area contributed by atoms with Gasteiger partial charge in [0.1, 0.15) is 5.75 Å². The Hall–Kier alpha value is -1.88. The molecule has 0 heterocycles. The molecule has 0 aliphatic heterocycles. The zero-order chi connectivity index (χ0) is 10.2. The molecule has 0 aliphatic rings. The van der Waals surface area contributed by atoms with Gasteiger partial charge < -0.3 is 9.47 Å². The van der Waals surface area contributed by atoms with Crippen LogP contribution in [-0.4, -0.2) is 14.2 Å². The van der Waals surface area contributed by atoms with Crippen molar-refractivity contribution in [2.75, 3.05) is 14.2 Å². The molecular weight excluding hydrogens is 176 g/mol. The van der Waals surface area contributed by atoms with E-state index in [-0.39, 0.29) is 0 Å². The topological polar surface area (TPSA) is 18.5 Å². The van der Waals surface area contributed by atoms with Gasteiger partial charge in [-0.05, 0) is 24.3 Å². The number of allylic oxidation sites excluding steroid dienone is 1. The molecule has 72 valence electrons. The highest BCUT2D eigenvalue weighted by Crippen LogP contribution is 2.09. The lowest BCUT2D eigenvalue weighted by atomic mass is 10.2. The Balaban J connectivity index is 2.66. The number of hydrogen-bond acceptors (Lipinski definition) is 2. The van der Waals surface area contributed by atoms with Gasteiger partial charge in [-0.3, -0.25) is 0 Å². The Morgan fingerprint density at radius 1 is 1.14 bits per heavy atom. The lowest BCUT2D eigenvalue weighted by Crippen LogP contribution is -1.81. The monoisotopic (exact) mass is 188 g/mol. The minimum Gasteiger partial charge on any atom is -0.504 e. The van der Waals surface area contributed by atoms with Crippen LogP contribution in [0.1, 0.15) is 5.56 Å². The largest absolute Gasteiger partial charge is 0.504 e. The molecule has 0 radical (unpaired) electrons. The van der Waals surface area contributed by atoms with E-state index in [9.17, 15) is 0 Å². The first-order chi connectivity index (χ1) is 6.86. The first-order valence-corrected chi connectivity index (χ1v) is 4.20. The van der Waals surface area contributed by atoms with Gasteiger partial charge in [0, 0.05) is 11.6 Å². The molecule has 0 saturated heterocycles. The number of hydrogen-bond donors (Lipinski definition) is 0. The van der Waals surface area contributed by atoms with Crippen molar-refractivity contribution in [2.45, 2.75) is 0 Å². The van der Waals surface area contributed by atoms with Crippen molar-refractivity contribution in [2.24, 2.45) is 0 Å². The van der Waals surface area contributed by atoms with E-state index in [4.69, 9.17) is 9.47 Å². The van der Waals surface area contributed by atoms with Gasteiger partial charge >= 0.3 is 0 Å². The van der Waals surface area contributed by atoms with Crippen LogP contribution in [0.15, 0.2) is 36.6 Å². The maximum Gasteiger partial charge on any atom is 0.118 e. The summed E-state index contributed by atoms with van der Waals surface area (Å²) < 4.78 is 9.74. The summed E-state index contributed by atoms with van der Waals surface area (Å²) in [5.74, 6) is 6.64. The summed E-state index contributed by atoms with van der Waals surface area (Å²) in [7, 11) is 3.23. The van der Waals surface area contributed by atoms with Crippen LogP contribution >= 0.6 is 0 Å². The van der Waals surface area contributed by atoms with Crippen molar-refractivity contribution in [3.63, 3.8) is 0 Å². The molecule has 1 rings (SSSR count). The zero-order valence-electron chi connectivity index (χ0n) is 8.28. The Morgan fingerprint density at radius 2 is 1.86 bits per heavy atom. The Kier molecular flexibility index (Phi) is 4.16. The molecule has 0 aliphatic carbocycles. The second-order valence-corrected chi connectivity index (χ2v) is 2.54. The lowest BCUT2D eigenvalue weighted by Gasteiger charge is -1.97. The molecule has 2 heteroatoms. The molecule has 1 aromatic rings. The Bertz CT molecular complexity index is 352. The third-order valence-electron chi connectivity index (χ3n) is 1.59. The number of benzene rings is 1. The van der Waals surface area contributed by atoms with E-state index in [1.807, 2.05) is 24.3 Å². The Labute approximate surface area is 84.2 Å². The number of ether oxygens (including phenoxy) is 2. The van der Waals surface area contributed by atoms with Crippen LogP contribution < -0.4 is 4.74 Å². The molecule has 1 aromatic carbocycles. The standard InChI is InChI=1S/C12H12O2/c1-13-10-4-3-5-11-6-8-12(14-2)9-7-11/h4,6-10H,1-2H3/b10-4+. The van der Waals surface area contributed by atoms with E-state index < -0.39 is 0 Å². The number of methoxy groups -OCH3 is 2. The van der Waals surface area contributed by atoms with Gasteiger partial charge in [-0.2, -0.15) is 0 Å². The van der Waals surface area contributed by atoms with Crippen LogP contribution in [0.25, 0.3) is 0 Å². The van der Waals surface area contributed by atoms with Crippen LogP contribution in [0.5, 0.6) is 5.75 Å². The summed E-state index contributed by atoms with van der Waals surface area (Å²) in [6.45, 7) is 0. The summed E-state index contributed by atoms with van der Waals surface area (Å²) in [6.07, 6.45) is 3.20. The second kappa shape index (κ2) is 5.71. The third-order valence-corrected chi connectivity index (χ3v) is 1.59. The summed E-state index contributed by atoms with van der Waals surface area (Å²) >= 11 is 0. The fraction of sp³-hybridized carbons (Fsp3) is 0.167. The van der Waals surface area contributed by atoms with E-state index in [0.29, 0.717) is 0 Å². The minimum atomic E-state index is 0.836. The molecule has 0 bridgehead atoms. The van der Waals surface area contributed by atoms with Crippen molar-refractivity contribution < 1.29 is 9.47 Å². The number of rotatable bonds is 2. The third kappa shape index (κ3) is 3.24. The highest BCUT2D eigenvalue weighted by molar-refractivity contribution is 5.39. The van der Waals surface area contributed by atoms with E-state index in [2.05, 4.69) is 11.8 Å². The molecule has 0 amide bonds. The quantitative estimate of drug-likeness (QED) is 0.523. The summed E-state index contributed by atoms with van der Waals surface area (Å²) in [5, 5.41) is 0. The lowest BCUT2D eigenvalue weighted by molar-refractivity contribution is 0.338. The van der Waals surface area contributed by atoms with Crippen LogP contribution in [0.3, 0.4) is 0 Å². The molecular formula is C12H12O2. The van der Waals surface area contributed by atoms with Crippen molar-refractivity contribution in [1.29, 1.82) is 0 Å². The normalized spacial score (nSPS) is 9.29. The molecule has 0 saturated carbocycles. The fourth-order valence-corrected chi connectivity index (χ4v) is 0.901. The smallest absolute Gasteiger partial charge is 0.118 e. The molecule has 0 unspecified atom stereocenters. The summed E-state index contributed by atoms with van der Waals surface area (Å²) in [6, 6.07) is 7.58. The second-order valence-electron chi connectivity index (χ2n) is 2.54. The van der Waals surface area contributed by atoms with Gasteiger partial charge in [0.05, 0.1) is 20.5 Å². The van der Waals surface area contributed by atoms with Gasteiger partial charge in [0.2, 0.25) is 0 Å². The van der Waals surface area contributed by atoms with E-state index >= 15 is 0 Å². The highest BCUT2D eigenvalue weighted by atomic mass is 16.5. The van der Waals surface area contributed by atoms with Gasteiger partial charge in [0.15, 0.2) is 0 Å². The molecule has 0 atom stereocenters. The van der Waals surface area contributed by atoms with Gasteiger partial charge in [-0.15, -0.1) is 0 Å². The zero-order valence-corrected chi connectivity index (χ0v) is 8.28. The maximum absolute atomic E-state index is 5.03. The van der Waals surface area contributed by atoms with Crippen LogP contribution in [0.4, 0.5) is 0 Å². The van der Waals surface area contributed by atoms with Crippen LogP contribution in [0, 0.1) is 11.8 Å². The first-order valence-electron chi connectivity index (χ1n) is 4.20. The SMILES string of the molecule is CO/C=C/C#Cc1ccc(OC)cc1. The Morgan fingerprint density at radius 3 is 2.43 bits per heavy atom. The van der Waals surface area contributed by atoms with Crippen molar-refractivity contribution >= 4 is 0 Å². The fourth-order valence-electron chi connectivity index (χ4n) is 0.901. The summed E-state index contributed by atoms with van der Waals surface area (Å²) in [5.41, 5.74) is 0.951. The molecule has 0 N–H and O–H groups in total. The van der Waals surface area contributed by atoms with Crippen LogP contribution in [-0.2, 0) is 4.74 Å².